The molecule has 0 aliphatic heterocycles. The Hall–Kier alpha value is -1.64. The van der Waals surface area contributed by atoms with Crippen LogP contribution in [0.3, 0.4) is 0 Å². The van der Waals surface area contributed by atoms with E-state index in [1.165, 1.54) is 5.56 Å². The predicted molar refractivity (Wildman–Crippen MR) is 78.2 cm³/mol. The highest BCUT2D eigenvalue weighted by Gasteiger charge is 2.13. The molecular weight excluding hydrogens is 236 g/mol. The van der Waals surface area contributed by atoms with Crippen molar-refractivity contribution in [3.63, 3.8) is 0 Å². The summed E-state index contributed by atoms with van der Waals surface area (Å²) in [7, 11) is 0. The van der Waals surface area contributed by atoms with Crippen LogP contribution in [0.25, 0.3) is 0 Å². The van der Waals surface area contributed by atoms with Gasteiger partial charge in [0.1, 0.15) is 6.26 Å². The summed E-state index contributed by atoms with van der Waals surface area (Å²) < 4.78 is 5.55. The molecular formula is C16H24N2O. The number of aromatic nitrogens is 2. The fourth-order valence-corrected chi connectivity index (χ4v) is 1.94. The van der Waals surface area contributed by atoms with Gasteiger partial charge in [0.15, 0.2) is 5.89 Å². The van der Waals surface area contributed by atoms with Crippen molar-refractivity contribution in [3.05, 3.63) is 47.9 Å². The predicted octanol–water partition coefficient (Wildman–Crippen LogP) is 4.59. The monoisotopic (exact) mass is 260 g/mol. The standard InChI is InChI=1S/C14H18N2O.C2H6/c1-3-12(4-2)14-16-13(10-17-14)9-11-5-7-15-8-6-11;1-2/h5-8,10,12H,3-4,9H2,1-2H3;1-2H3. The van der Waals surface area contributed by atoms with E-state index in [0.29, 0.717) is 5.92 Å². The lowest BCUT2D eigenvalue weighted by molar-refractivity contribution is 0.431. The van der Waals surface area contributed by atoms with Gasteiger partial charge in [0.25, 0.3) is 0 Å². The first-order valence-corrected chi connectivity index (χ1v) is 7.16. The molecule has 0 amide bonds. The molecule has 0 saturated carbocycles. The molecule has 0 aromatic carbocycles. The summed E-state index contributed by atoms with van der Waals surface area (Å²) in [5, 5.41) is 0. The van der Waals surface area contributed by atoms with E-state index in [1.807, 2.05) is 26.0 Å². The van der Waals surface area contributed by atoms with Gasteiger partial charge in [-0.05, 0) is 30.5 Å². The second kappa shape index (κ2) is 8.46. The average molecular weight is 260 g/mol. The molecule has 19 heavy (non-hydrogen) atoms. The van der Waals surface area contributed by atoms with Crippen LogP contribution in [0.5, 0.6) is 0 Å². The third-order valence-electron chi connectivity index (χ3n) is 3.04. The molecule has 0 bridgehead atoms. The molecule has 0 saturated heterocycles. The van der Waals surface area contributed by atoms with Crippen LogP contribution >= 0.6 is 0 Å². The third-order valence-corrected chi connectivity index (χ3v) is 3.04. The molecule has 0 fully saturated rings. The minimum atomic E-state index is 0.446. The molecule has 0 unspecified atom stereocenters. The van der Waals surface area contributed by atoms with Crippen LogP contribution in [0, 0.1) is 0 Å². The van der Waals surface area contributed by atoms with Gasteiger partial charge in [0.2, 0.25) is 0 Å². The van der Waals surface area contributed by atoms with Crippen LogP contribution in [-0.2, 0) is 6.42 Å². The zero-order chi connectivity index (χ0) is 14.1. The van der Waals surface area contributed by atoms with Gasteiger partial charge < -0.3 is 4.42 Å². The molecule has 0 aliphatic rings. The summed E-state index contributed by atoms with van der Waals surface area (Å²) in [6, 6.07) is 4.01. The molecule has 2 heterocycles. The van der Waals surface area contributed by atoms with Gasteiger partial charge in [-0.25, -0.2) is 4.98 Å². The normalized spacial score (nSPS) is 10.2. The largest absolute Gasteiger partial charge is 0.448 e. The van der Waals surface area contributed by atoms with Crippen molar-refractivity contribution in [2.24, 2.45) is 0 Å². The molecule has 2 aromatic heterocycles. The van der Waals surface area contributed by atoms with E-state index in [2.05, 4.69) is 23.8 Å². The van der Waals surface area contributed by atoms with Crippen LogP contribution in [0.1, 0.15) is 63.6 Å². The van der Waals surface area contributed by atoms with Crippen molar-refractivity contribution in [2.45, 2.75) is 52.9 Å². The van der Waals surface area contributed by atoms with E-state index >= 15 is 0 Å². The SMILES string of the molecule is CC.CCC(CC)c1nc(Cc2ccncc2)co1. The average Bonchev–Trinajstić information content (AvgIpc) is 2.92. The van der Waals surface area contributed by atoms with E-state index in [-0.39, 0.29) is 0 Å². The molecule has 0 spiro atoms. The summed E-state index contributed by atoms with van der Waals surface area (Å²) >= 11 is 0. The fourth-order valence-electron chi connectivity index (χ4n) is 1.94. The topological polar surface area (TPSA) is 38.9 Å². The summed E-state index contributed by atoms with van der Waals surface area (Å²) in [4.78, 5) is 8.56. The maximum Gasteiger partial charge on any atom is 0.197 e. The Bertz CT molecular complexity index is 447. The first-order chi connectivity index (χ1) is 9.33. The Morgan fingerprint density at radius 2 is 1.74 bits per heavy atom. The van der Waals surface area contributed by atoms with E-state index in [4.69, 9.17) is 4.42 Å². The van der Waals surface area contributed by atoms with Crippen molar-refractivity contribution >= 4 is 0 Å². The van der Waals surface area contributed by atoms with Gasteiger partial charge in [0, 0.05) is 24.7 Å². The molecule has 0 N–H and O–H groups in total. The van der Waals surface area contributed by atoms with Crippen molar-refractivity contribution in [1.29, 1.82) is 0 Å². The number of nitrogens with zero attached hydrogens (tertiary/aromatic N) is 2. The van der Waals surface area contributed by atoms with Crippen molar-refractivity contribution in [2.75, 3.05) is 0 Å². The number of oxazole rings is 1. The molecule has 0 radical (unpaired) electrons. The van der Waals surface area contributed by atoms with E-state index < -0.39 is 0 Å². The Kier molecular flexibility index (Phi) is 6.86. The lowest BCUT2D eigenvalue weighted by atomic mass is 10.0. The maximum absolute atomic E-state index is 5.55. The summed E-state index contributed by atoms with van der Waals surface area (Å²) in [6.45, 7) is 8.34. The van der Waals surface area contributed by atoms with Crippen LogP contribution in [0.4, 0.5) is 0 Å². The molecule has 0 atom stereocenters. The zero-order valence-electron chi connectivity index (χ0n) is 12.4. The van der Waals surface area contributed by atoms with Gasteiger partial charge in [-0.3, -0.25) is 4.98 Å². The maximum atomic E-state index is 5.55. The van der Waals surface area contributed by atoms with Crippen LogP contribution in [0.2, 0.25) is 0 Å². The van der Waals surface area contributed by atoms with Crippen molar-refractivity contribution < 1.29 is 4.42 Å². The van der Waals surface area contributed by atoms with Gasteiger partial charge in [0.05, 0.1) is 5.69 Å². The molecule has 3 heteroatoms. The lowest BCUT2D eigenvalue weighted by Gasteiger charge is -2.05. The first-order valence-electron chi connectivity index (χ1n) is 7.16. The molecule has 0 aliphatic carbocycles. The minimum Gasteiger partial charge on any atom is -0.448 e. The van der Waals surface area contributed by atoms with Gasteiger partial charge >= 0.3 is 0 Å². The quantitative estimate of drug-likeness (QED) is 0.789. The second-order valence-electron chi connectivity index (χ2n) is 4.22. The van der Waals surface area contributed by atoms with Crippen LogP contribution in [0.15, 0.2) is 35.2 Å². The summed E-state index contributed by atoms with van der Waals surface area (Å²) in [5.74, 6) is 1.32. The first kappa shape index (κ1) is 15.4. The number of hydrogen-bond acceptors (Lipinski definition) is 3. The summed E-state index contributed by atoms with van der Waals surface area (Å²) in [6.07, 6.45) is 8.34. The fraction of sp³-hybridized carbons (Fsp3) is 0.500. The Morgan fingerprint density at radius 3 is 2.32 bits per heavy atom. The molecule has 2 aromatic rings. The van der Waals surface area contributed by atoms with E-state index in [0.717, 1.165) is 30.8 Å². The zero-order valence-corrected chi connectivity index (χ0v) is 12.4. The van der Waals surface area contributed by atoms with E-state index in [9.17, 15) is 0 Å². The highest BCUT2D eigenvalue weighted by Crippen LogP contribution is 2.22. The van der Waals surface area contributed by atoms with Gasteiger partial charge in [-0.15, -0.1) is 0 Å². The lowest BCUT2D eigenvalue weighted by Crippen LogP contribution is -1.96. The Balaban J connectivity index is 0.000000861. The molecule has 2 rings (SSSR count). The van der Waals surface area contributed by atoms with Gasteiger partial charge in [-0.1, -0.05) is 27.7 Å². The van der Waals surface area contributed by atoms with Crippen molar-refractivity contribution in [1.82, 2.24) is 9.97 Å². The Morgan fingerprint density at radius 1 is 1.11 bits per heavy atom. The Labute approximate surface area is 116 Å². The van der Waals surface area contributed by atoms with Crippen LogP contribution in [-0.4, -0.2) is 9.97 Å². The highest BCUT2D eigenvalue weighted by atomic mass is 16.3. The van der Waals surface area contributed by atoms with Crippen LogP contribution < -0.4 is 0 Å². The minimum absolute atomic E-state index is 0.446. The third kappa shape index (κ3) is 4.51. The number of hydrogen-bond donors (Lipinski definition) is 0. The molecule has 3 nitrogen and oxygen atoms in total. The second-order valence-corrected chi connectivity index (χ2v) is 4.22. The van der Waals surface area contributed by atoms with Crippen molar-refractivity contribution in [3.8, 4) is 0 Å². The van der Waals surface area contributed by atoms with Gasteiger partial charge in [-0.2, -0.15) is 0 Å². The number of pyridine rings is 1. The molecule has 104 valence electrons. The highest BCUT2D eigenvalue weighted by molar-refractivity contribution is 5.17. The number of rotatable bonds is 5. The van der Waals surface area contributed by atoms with E-state index in [1.54, 1.807) is 18.7 Å². The smallest absolute Gasteiger partial charge is 0.197 e. The summed E-state index contributed by atoms with van der Waals surface area (Å²) in [5.41, 5.74) is 2.21.